The summed E-state index contributed by atoms with van der Waals surface area (Å²) in [6, 6.07) is 8.93. The Morgan fingerprint density at radius 2 is 1.94 bits per heavy atom. The van der Waals surface area contributed by atoms with Gasteiger partial charge in [0.1, 0.15) is 5.82 Å². The van der Waals surface area contributed by atoms with E-state index >= 15 is 0 Å². The van der Waals surface area contributed by atoms with Crippen LogP contribution in [-0.2, 0) is 0 Å². The summed E-state index contributed by atoms with van der Waals surface area (Å²) in [5.41, 5.74) is 0.918. The van der Waals surface area contributed by atoms with E-state index in [1.807, 2.05) is 0 Å². The number of hydrogen-bond acceptors (Lipinski definition) is 2. The van der Waals surface area contributed by atoms with Gasteiger partial charge in [0.05, 0.1) is 0 Å². The smallest absolute Gasteiger partial charge is 0.255 e. The second-order valence-electron chi connectivity index (χ2n) is 3.20. The molecule has 0 saturated heterocycles. The Labute approximate surface area is 92.0 Å². The summed E-state index contributed by atoms with van der Waals surface area (Å²) < 4.78 is 12.9. The van der Waals surface area contributed by atoms with Crippen molar-refractivity contribution >= 4 is 11.6 Å². The molecule has 0 spiro atoms. The third-order valence-corrected chi connectivity index (χ3v) is 2.02. The molecule has 80 valence electrons. The zero-order chi connectivity index (χ0) is 11.4. The van der Waals surface area contributed by atoms with Crippen molar-refractivity contribution in [2.75, 3.05) is 5.32 Å². The molecule has 0 bridgehead atoms. The SMILES string of the molecule is O=C(Nc1cccc(F)c1)c1ccncc1. The van der Waals surface area contributed by atoms with Gasteiger partial charge in [-0.2, -0.15) is 0 Å². The number of aromatic nitrogens is 1. The maximum absolute atomic E-state index is 12.9. The van der Waals surface area contributed by atoms with Crippen LogP contribution in [0.1, 0.15) is 10.4 Å². The average molecular weight is 216 g/mol. The van der Waals surface area contributed by atoms with Crippen LogP contribution in [0.2, 0.25) is 0 Å². The van der Waals surface area contributed by atoms with Crippen LogP contribution in [0, 0.1) is 5.82 Å². The van der Waals surface area contributed by atoms with E-state index in [1.54, 1.807) is 18.2 Å². The minimum absolute atomic E-state index is 0.284. The van der Waals surface area contributed by atoms with Gasteiger partial charge in [0.15, 0.2) is 0 Å². The summed E-state index contributed by atoms with van der Waals surface area (Å²) >= 11 is 0. The van der Waals surface area contributed by atoms with Crippen molar-refractivity contribution in [1.82, 2.24) is 4.98 Å². The number of hydrogen-bond donors (Lipinski definition) is 1. The summed E-state index contributed by atoms with van der Waals surface area (Å²) in [6.07, 6.45) is 3.06. The molecule has 0 aliphatic carbocycles. The number of nitrogens with zero attached hydrogens (tertiary/aromatic N) is 1. The van der Waals surface area contributed by atoms with E-state index in [2.05, 4.69) is 10.3 Å². The number of carbonyl (C=O) groups is 1. The molecule has 1 aromatic carbocycles. The number of nitrogens with one attached hydrogen (secondary N) is 1. The summed E-state index contributed by atoms with van der Waals surface area (Å²) in [5, 5.41) is 2.59. The predicted molar refractivity (Wildman–Crippen MR) is 58.6 cm³/mol. The fourth-order valence-corrected chi connectivity index (χ4v) is 1.27. The van der Waals surface area contributed by atoms with Crippen LogP contribution in [0.4, 0.5) is 10.1 Å². The molecule has 1 N–H and O–H groups in total. The quantitative estimate of drug-likeness (QED) is 0.837. The lowest BCUT2D eigenvalue weighted by molar-refractivity contribution is 0.102. The fraction of sp³-hybridized carbons (Fsp3) is 0. The molecule has 1 amide bonds. The highest BCUT2D eigenvalue weighted by atomic mass is 19.1. The molecule has 1 heterocycles. The van der Waals surface area contributed by atoms with Crippen molar-refractivity contribution in [3.8, 4) is 0 Å². The Morgan fingerprint density at radius 1 is 1.19 bits per heavy atom. The van der Waals surface area contributed by atoms with Gasteiger partial charge in [-0.15, -0.1) is 0 Å². The fourth-order valence-electron chi connectivity index (χ4n) is 1.27. The monoisotopic (exact) mass is 216 g/mol. The van der Waals surface area contributed by atoms with Crippen molar-refractivity contribution in [3.05, 3.63) is 60.2 Å². The van der Waals surface area contributed by atoms with Crippen LogP contribution in [0.5, 0.6) is 0 Å². The minimum Gasteiger partial charge on any atom is -0.322 e. The van der Waals surface area contributed by atoms with Gasteiger partial charge in [-0.25, -0.2) is 4.39 Å². The first-order valence-electron chi connectivity index (χ1n) is 4.72. The van der Waals surface area contributed by atoms with Gasteiger partial charge in [0, 0.05) is 23.6 Å². The van der Waals surface area contributed by atoms with E-state index < -0.39 is 0 Å². The highest BCUT2D eigenvalue weighted by Crippen LogP contribution is 2.10. The lowest BCUT2D eigenvalue weighted by atomic mass is 10.2. The van der Waals surface area contributed by atoms with E-state index in [0.717, 1.165) is 0 Å². The standard InChI is InChI=1S/C12H9FN2O/c13-10-2-1-3-11(8-10)15-12(16)9-4-6-14-7-5-9/h1-8H,(H,15,16). The molecule has 0 atom stereocenters. The largest absolute Gasteiger partial charge is 0.322 e. The van der Waals surface area contributed by atoms with Gasteiger partial charge in [0.25, 0.3) is 5.91 Å². The molecule has 16 heavy (non-hydrogen) atoms. The molecular formula is C12H9FN2O. The Hall–Kier alpha value is -2.23. The first kappa shape index (κ1) is 10.3. The van der Waals surface area contributed by atoms with E-state index in [0.29, 0.717) is 11.3 Å². The van der Waals surface area contributed by atoms with E-state index in [9.17, 15) is 9.18 Å². The summed E-state index contributed by atoms with van der Waals surface area (Å²) in [7, 11) is 0. The van der Waals surface area contributed by atoms with Gasteiger partial charge in [-0.1, -0.05) is 6.07 Å². The van der Waals surface area contributed by atoms with Gasteiger partial charge >= 0.3 is 0 Å². The number of anilines is 1. The van der Waals surface area contributed by atoms with Crippen LogP contribution >= 0.6 is 0 Å². The molecule has 1 aromatic heterocycles. The van der Waals surface area contributed by atoms with Crippen LogP contribution in [0.3, 0.4) is 0 Å². The minimum atomic E-state index is -0.382. The van der Waals surface area contributed by atoms with Crippen molar-refractivity contribution in [2.24, 2.45) is 0 Å². The second-order valence-corrected chi connectivity index (χ2v) is 3.20. The number of amides is 1. The molecule has 0 unspecified atom stereocenters. The molecule has 2 rings (SSSR count). The highest BCUT2D eigenvalue weighted by Gasteiger charge is 2.05. The number of carbonyl (C=O) groups excluding carboxylic acids is 1. The van der Waals surface area contributed by atoms with Crippen molar-refractivity contribution in [3.63, 3.8) is 0 Å². The van der Waals surface area contributed by atoms with E-state index in [1.165, 1.54) is 30.6 Å². The lowest BCUT2D eigenvalue weighted by Crippen LogP contribution is -2.11. The second kappa shape index (κ2) is 4.53. The third kappa shape index (κ3) is 2.42. The molecule has 0 aliphatic heterocycles. The molecule has 2 aromatic rings. The van der Waals surface area contributed by atoms with Gasteiger partial charge in [0.2, 0.25) is 0 Å². The molecule has 0 aliphatic rings. The summed E-state index contributed by atoms with van der Waals surface area (Å²) in [5.74, 6) is -0.666. The van der Waals surface area contributed by atoms with Gasteiger partial charge in [-0.05, 0) is 30.3 Å². The number of benzene rings is 1. The maximum Gasteiger partial charge on any atom is 0.255 e. The molecule has 0 fully saturated rings. The molecule has 4 heteroatoms. The van der Waals surface area contributed by atoms with Crippen molar-refractivity contribution in [2.45, 2.75) is 0 Å². The van der Waals surface area contributed by atoms with Crippen molar-refractivity contribution < 1.29 is 9.18 Å². The Bertz CT molecular complexity index is 499. The van der Waals surface area contributed by atoms with Gasteiger partial charge in [-0.3, -0.25) is 9.78 Å². The molecule has 0 radical (unpaired) electrons. The van der Waals surface area contributed by atoms with Crippen LogP contribution in [0.15, 0.2) is 48.8 Å². The first-order chi connectivity index (χ1) is 7.75. The summed E-state index contributed by atoms with van der Waals surface area (Å²) in [4.78, 5) is 15.5. The number of pyridine rings is 1. The van der Waals surface area contributed by atoms with Crippen molar-refractivity contribution in [1.29, 1.82) is 0 Å². The number of halogens is 1. The highest BCUT2D eigenvalue weighted by molar-refractivity contribution is 6.04. The van der Waals surface area contributed by atoms with E-state index in [4.69, 9.17) is 0 Å². The predicted octanol–water partition coefficient (Wildman–Crippen LogP) is 2.47. The number of rotatable bonds is 2. The maximum atomic E-state index is 12.9. The molecular weight excluding hydrogens is 207 g/mol. The van der Waals surface area contributed by atoms with E-state index in [-0.39, 0.29) is 11.7 Å². The molecule has 0 saturated carbocycles. The third-order valence-electron chi connectivity index (χ3n) is 2.02. The van der Waals surface area contributed by atoms with Crippen LogP contribution < -0.4 is 5.32 Å². The average Bonchev–Trinajstić information content (AvgIpc) is 2.30. The normalized spacial score (nSPS) is 9.81. The van der Waals surface area contributed by atoms with Crippen LogP contribution in [-0.4, -0.2) is 10.9 Å². The zero-order valence-corrected chi connectivity index (χ0v) is 8.35. The molecule has 3 nitrogen and oxygen atoms in total. The Morgan fingerprint density at radius 3 is 2.62 bits per heavy atom. The Balaban J connectivity index is 2.14. The first-order valence-corrected chi connectivity index (χ1v) is 4.72. The lowest BCUT2D eigenvalue weighted by Gasteiger charge is -2.04. The van der Waals surface area contributed by atoms with Crippen LogP contribution in [0.25, 0.3) is 0 Å². The Kier molecular flexibility index (Phi) is 2.91. The topological polar surface area (TPSA) is 42.0 Å². The van der Waals surface area contributed by atoms with Gasteiger partial charge < -0.3 is 5.32 Å². The summed E-state index contributed by atoms with van der Waals surface area (Å²) in [6.45, 7) is 0. The zero-order valence-electron chi connectivity index (χ0n) is 8.35.